The van der Waals surface area contributed by atoms with Crippen LogP contribution in [0.4, 0.5) is 0 Å². The van der Waals surface area contributed by atoms with Gasteiger partial charge < -0.3 is 10.6 Å². The molecule has 2 nitrogen and oxygen atoms in total. The first-order valence-electron chi connectivity index (χ1n) is 7.26. The Morgan fingerprint density at radius 1 is 1.25 bits per heavy atom. The van der Waals surface area contributed by atoms with Crippen LogP contribution in [0.2, 0.25) is 0 Å². The van der Waals surface area contributed by atoms with Crippen molar-refractivity contribution in [2.45, 2.75) is 51.9 Å². The van der Waals surface area contributed by atoms with Crippen molar-refractivity contribution in [1.82, 2.24) is 10.6 Å². The van der Waals surface area contributed by atoms with Crippen molar-refractivity contribution >= 4 is 0 Å². The first kappa shape index (κ1) is 12.4. The van der Waals surface area contributed by atoms with Crippen LogP contribution >= 0.6 is 0 Å². The van der Waals surface area contributed by atoms with E-state index in [1.807, 2.05) is 0 Å². The molecular formula is C14H28N2. The molecule has 0 aromatic carbocycles. The molecule has 0 radical (unpaired) electrons. The van der Waals surface area contributed by atoms with Gasteiger partial charge in [-0.25, -0.2) is 0 Å². The fraction of sp³-hybridized carbons (Fsp3) is 1.00. The highest BCUT2D eigenvalue weighted by molar-refractivity contribution is 4.88. The molecule has 2 fully saturated rings. The second-order valence-electron chi connectivity index (χ2n) is 5.87. The Hall–Kier alpha value is -0.0800. The van der Waals surface area contributed by atoms with E-state index < -0.39 is 0 Å². The van der Waals surface area contributed by atoms with Crippen molar-refractivity contribution in [1.29, 1.82) is 0 Å². The van der Waals surface area contributed by atoms with Crippen molar-refractivity contribution in [3.63, 3.8) is 0 Å². The van der Waals surface area contributed by atoms with Crippen LogP contribution in [0.5, 0.6) is 0 Å². The van der Waals surface area contributed by atoms with Gasteiger partial charge in [-0.15, -0.1) is 0 Å². The van der Waals surface area contributed by atoms with Crippen LogP contribution in [0.1, 0.15) is 51.9 Å². The molecule has 94 valence electrons. The van der Waals surface area contributed by atoms with Crippen LogP contribution in [-0.4, -0.2) is 26.2 Å². The molecule has 0 unspecified atom stereocenters. The van der Waals surface area contributed by atoms with Crippen LogP contribution in [0.3, 0.4) is 0 Å². The Morgan fingerprint density at radius 3 is 2.56 bits per heavy atom. The Balaban J connectivity index is 1.54. The minimum absolute atomic E-state index is 0.689. The molecule has 2 aliphatic rings. The van der Waals surface area contributed by atoms with Crippen LogP contribution in [0, 0.1) is 11.3 Å². The predicted octanol–water partition coefficient (Wildman–Crippen LogP) is 2.55. The average Bonchev–Trinajstić information content (AvgIpc) is 2.29. The van der Waals surface area contributed by atoms with Gasteiger partial charge in [0, 0.05) is 6.54 Å². The predicted molar refractivity (Wildman–Crippen MR) is 69.7 cm³/mol. The number of hydrogen-bond acceptors (Lipinski definition) is 2. The maximum atomic E-state index is 3.71. The zero-order chi connectivity index (χ0) is 11.3. The number of nitrogens with one attached hydrogen (secondary N) is 2. The van der Waals surface area contributed by atoms with E-state index in [1.54, 1.807) is 0 Å². The lowest BCUT2D eigenvalue weighted by Crippen LogP contribution is -2.40. The summed E-state index contributed by atoms with van der Waals surface area (Å²) in [4.78, 5) is 0. The second-order valence-corrected chi connectivity index (χ2v) is 5.87. The van der Waals surface area contributed by atoms with Gasteiger partial charge in [0.25, 0.3) is 0 Å². The summed E-state index contributed by atoms with van der Waals surface area (Å²) >= 11 is 0. The van der Waals surface area contributed by atoms with Gasteiger partial charge in [-0.05, 0) is 69.5 Å². The molecule has 0 atom stereocenters. The normalized spacial score (nSPS) is 25.3. The molecule has 1 saturated heterocycles. The molecule has 2 heteroatoms. The largest absolute Gasteiger partial charge is 0.317 e. The third-order valence-corrected chi connectivity index (χ3v) is 4.85. The van der Waals surface area contributed by atoms with Gasteiger partial charge >= 0.3 is 0 Å². The van der Waals surface area contributed by atoms with Crippen LogP contribution in [0.25, 0.3) is 0 Å². The van der Waals surface area contributed by atoms with Crippen molar-refractivity contribution in [3.8, 4) is 0 Å². The molecule has 1 saturated carbocycles. The summed E-state index contributed by atoms with van der Waals surface area (Å²) in [6.07, 6.45) is 9.92. The lowest BCUT2D eigenvalue weighted by Gasteiger charge is -2.41. The van der Waals surface area contributed by atoms with Gasteiger partial charge in [0.2, 0.25) is 0 Å². The summed E-state index contributed by atoms with van der Waals surface area (Å²) in [6.45, 7) is 7.35. The Labute approximate surface area is 101 Å². The van der Waals surface area contributed by atoms with Crippen molar-refractivity contribution in [2.75, 3.05) is 26.2 Å². The smallest absolute Gasteiger partial charge is 0.000770 e. The number of hydrogen-bond donors (Lipinski definition) is 2. The maximum Gasteiger partial charge on any atom is 0.000770 e. The maximum absolute atomic E-state index is 3.71. The summed E-state index contributed by atoms with van der Waals surface area (Å²) in [5, 5.41) is 7.14. The first-order chi connectivity index (χ1) is 7.85. The second kappa shape index (κ2) is 6.02. The summed E-state index contributed by atoms with van der Waals surface area (Å²) in [5.74, 6) is 0.979. The Kier molecular flexibility index (Phi) is 4.66. The molecule has 1 heterocycles. The van der Waals surface area contributed by atoms with E-state index in [2.05, 4.69) is 17.6 Å². The van der Waals surface area contributed by atoms with E-state index in [0.29, 0.717) is 5.41 Å². The first-order valence-corrected chi connectivity index (χ1v) is 7.26. The SMILES string of the molecule is CCC1(CNCCC2CCNCC2)CCC1. The molecular weight excluding hydrogens is 196 g/mol. The molecule has 16 heavy (non-hydrogen) atoms. The summed E-state index contributed by atoms with van der Waals surface area (Å²) in [5.41, 5.74) is 0.689. The highest BCUT2D eigenvalue weighted by Crippen LogP contribution is 2.42. The molecule has 2 N–H and O–H groups in total. The van der Waals surface area contributed by atoms with E-state index in [9.17, 15) is 0 Å². The minimum atomic E-state index is 0.689. The Bertz CT molecular complexity index is 187. The molecule has 0 aromatic heterocycles. The molecule has 0 spiro atoms. The van der Waals surface area contributed by atoms with Crippen molar-refractivity contribution in [3.05, 3.63) is 0 Å². The van der Waals surface area contributed by atoms with Crippen molar-refractivity contribution in [2.24, 2.45) is 11.3 Å². The van der Waals surface area contributed by atoms with E-state index in [4.69, 9.17) is 0 Å². The van der Waals surface area contributed by atoms with Gasteiger partial charge in [0.05, 0.1) is 0 Å². The van der Waals surface area contributed by atoms with Crippen LogP contribution < -0.4 is 10.6 Å². The quantitative estimate of drug-likeness (QED) is 0.678. The van der Waals surface area contributed by atoms with Crippen molar-refractivity contribution < 1.29 is 0 Å². The highest BCUT2D eigenvalue weighted by atomic mass is 14.9. The van der Waals surface area contributed by atoms with Gasteiger partial charge in [0.15, 0.2) is 0 Å². The van der Waals surface area contributed by atoms with E-state index in [1.165, 1.54) is 71.1 Å². The lowest BCUT2D eigenvalue weighted by molar-refractivity contribution is 0.123. The van der Waals surface area contributed by atoms with Gasteiger partial charge in [-0.1, -0.05) is 13.3 Å². The molecule has 1 aliphatic heterocycles. The molecule has 0 amide bonds. The van der Waals surface area contributed by atoms with E-state index >= 15 is 0 Å². The fourth-order valence-electron chi connectivity index (χ4n) is 3.16. The third kappa shape index (κ3) is 3.21. The summed E-state index contributed by atoms with van der Waals surface area (Å²) < 4.78 is 0. The zero-order valence-corrected chi connectivity index (χ0v) is 10.9. The molecule has 0 aromatic rings. The van der Waals surface area contributed by atoms with E-state index in [0.717, 1.165) is 5.92 Å². The zero-order valence-electron chi connectivity index (χ0n) is 10.9. The number of rotatable bonds is 6. The summed E-state index contributed by atoms with van der Waals surface area (Å²) in [6, 6.07) is 0. The standard InChI is InChI=1S/C14H28N2/c1-2-14(7-3-8-14)12-16-11-6-13-4-9-15-10-5-13/h13,15-16H,2-12H2,1H3. The lowest BCUT2D eigenvalue weighted by atomic mass is 9.67. The topological polar surface area (TPSA) is 24.1 Å². The highest BCUT2D eigenvalue weighted by Gasteiger charge is 2.34. The molecule has 1 aliphatic carbocycles. The molecule has 2 rings (SSSR count). The molecule has 0 bridgehead atoms. The minimum Gasteiger partial charge on any atom is -0.317 e. The van der Waals surface area contributed by atoms with Crippen LogP contribution in [0.15, 0.2) is 0 Å². The number of piperidine rings is 1. The van der Waals surface area contributed by atoms with Gasteiger partial charge in [-0.2, -0.15) is 0 Å². The Morgan fingerprint density at radius 2 is 2.00 bits per heavy atom. The fourth-order valence-corrected chi connectivity index (χ4v) is 3.16. The van der Waals surface area contributed by atoms with E-state index in [-0.39, 0.29) is 0 Å². The summed E-state index contributed by atoms with van der Waals surface area (Å²) in [7, 11) is 0. The average molecular weight is 224 g/mol. The van der Waals surface area contributed by atoms with Gasteiger partial charge in [-0.3, -0.25) is 0 Å². The third-order valence-electron chi connectivity index (χ3n) is 4.85. The van der Waals surface area contributed by atoms with Gasteiger partial charge in [0.1, 0.15) is 0 Å². The van der Waals surface area contributed by atoms with Crippen LogP contribution in [-0.2, 0) is 0 Å². The monoisotopic (exact) mass is 224 g/mol.